The first-order chi connectivity index (χ1) is 11.8. The first-order valence-electron chi connectivity index (χ1n) is 7.06. The van der Waals surface area contributed by atoms with E-state index >= 15 is 0 Å². The van der Waals surface area contributed by atoms with Gasteiger partial charge >= 0.3 is 13.3 Å². The van der Waals surface area contributed by atoms with Crippen molar-refractivity contribution in [2.45, 2.75) is 6.92 Å². The summed E-state index contributed by atoms with van der Waals surface area (Å²) in [4.78, 5) is 11.1. The monoisotopic (exact) mass is 398 g/mol. The smallest absolute Gasteiger partial charge is 0.338 e. The Morgan fingerprint density at radius 3 is 2.40 bits per heavy atom. The van der Waals surface area contributed by atoms with Gasteiger partial charge in [0, 0.05) is 5.56 Å². The van der Waals surface area contributed by atoms with Crippen molar-refractivity contribution in [2.24, 2.45) is 0 Å². The molecule has 1 atom stereocenters. The number of phenolic OH excluding ortho intramolecular Hbond substituents is 1. The van der Waals surface area contributed by atoms with Crippen molar-refractivity contribution >= 4 is 41.8 Å². The van der Waals surface area contributed by atoms with Crippen LogP contribution in [0.2, 0.25) is 10.0 Å². The highest BCUT2D eigenvalue weighted by molar-refractivity contribution is 7.71. The summed E-state index contributed by atoms with van der Waals surface area (Å²) >= 11 is 11.8. The second kappa shape index (κ2) is 7.95. The van der Waals surface area contributed by atoms with Gasteiger partial charge in [-0.05, 0) is 42.9 Å². The van der Waals surface area contributed by atoms with E-state index in [9.17, 15) is 14.5 Å². The molecule has 5 nitrogen and oxygen atoms in total. The normalized spacial score (nSPS) is 12.8. The van der Waals surface area contributed by atoms with Gasteiger partial charge in [-0.15, -0.1) is 0 Å². The third kappa shape index (κ3) is 4.56. The van der Waals surface area contributed by atoms with Gasteiger partial charge < -0.3 is 14.7 Å². The van der Waals surface area contributed by atoms with E-state index in [2.05, 4.69) is 11.6 Å². The van der Waals surface area contributed by atoms with E-state index in [1.807, 2.05) is 0 Å². The molecular formula is C17H13Cl2O5P. The highest BCUT2D eigenvalue weighted by Gasteiger charge is 2.23. The lowest BCUT2D eigenvalue weighted by Gasteiger charge is -2.12. The quantitative estimate of drug-likeness (QED) is 0.590. The Hall–Kier alpha value is -1.96. The standard InChI is InChI=1S/C17H13Cl2O5P/c1-2-24-25(23,13-5-3-4-12(20)10-13)7-6-11-8-14(18)16(17(21)22)15(19)9-11/h3-5,8-10,20H,2H2,1H3,(H,21,22). The van der Waals surface area contributed by atoms with Crippen molar-refractivity contribution in [1.82, 2.24) is 0 Å². The summed E-state index contributed by atoms with van der Waals surface area (Å²) < 4.78 is 18.3. The average Bonchev–Trinajstić information content (AvgIpc) is 2.52. The van der Waals surface area contributed by atoms with Gasteiger partial charge in [0.05, 0.1) is 27.5 Å². The van der Waals surface area contributed by atoms with Gasteiger partial charge in [-0.1, -0.05) is 35.2 Å². The van der Waals surface area contributed by atoms with E-state index in [1.165, 1.54) is 30.3 Å². The molecule has 2 rings (SSSR count). The zero-order chi connectivity index (χ0) is 18.6. The van der Waals surface area contributed by atoms with Crippen LogP contribution in [0.4, 0.5) is 0 Å². The summed E-state index contributed by atoms with van der Waals surface area (Å²) in [5.41, 5.74) is 2.63. The SMILES string of the molecule is CCOP(=O)(C#Cc1cc(Cl)c(C(=O)O)c(Cl)c1)c1cccc(O)c1. The topological polar surface area (TPSA) is 83.8 Å². The van der Waals surface area contributed by atoms with Crippen molar-refractivity contribution in [3.63, 3.8) is 0 Å². The molecule has 2 aromatic rings. The number of carbonyl (C=O) groups is 1. The van der Waals surface area contributed by atoms with Gasteiger partial charge in [-0.3, -0.25) is 4.57 Å². The number of aromatic hydroxyl groups is 1. The van der Waals surface area contributed by atoms with Crippen LogP contribution in [-0.2, 0) is 9.09 Å². The lowest BCUT2D eigenvalue weighted by Crippen LogP contribution is -2.05. The molecule has 0 fully saturated rings. The van der Waals surface area contributed by atoms with Crippen LogP contribution in [0.3, 0.4) is 0 Å². The minimum atomic E-state index is -3.55. The van der Waals surface area contributed by atoms with E-state index in [0.29, 0.717) is 5.56 Å². The van der Waals surface area contributed by atoms with Crippen LogP contribution in [-0.4, -0.2) is 22.8 Å². The molecule has 0 aliphatic rings. The number of carboxylic acids is 1. The number of benzene rings is 2. The highest BCUT2D eigenvalue weighted by atomic mass is 35.5. The van der Waals surface area contributed by atoms with Crippen LogP contribution >= 0.6 is 30.6 Å². The summed E-state index contributed by atoms with van der Waals surface area (Å²) in [5.74, 6) is 1.34. The van der Waals surface area contributed by atoms with Crippen LogP contribution in [0.5, 0.6) is 5.75 Å². The van der Waals surface area contributed by atoms with E-state index < -0.39 is 13.3 Å². The number of rotatable bonds is 4. The number of phenols is 1. The fourth-order valence-electron chi connectivity index (χ4n) is 2.02. The minimum absolute atomic E-state index is 0.0591. The Morgan fingerprint density at radius 2 is 1.88 bits per heavy atom. The maximum absolute atomic E-state index is 13.0. The van der Waals surface area contributed by atoms with Crippen molar-refractivity contribution in [2.75, 3.05) is 6.61 Å². The maximum atomic E-state index is 13.0. The molecule has 0 aromatic heterocycles. The van der Waals surface area contributed by atoms with E-state index in [4.69, 9.17) is 32.8 Å². The summed E-state index contributed by atoms with van der Waals surface area (Å²) in [5, 5.41) is 18.7. The average molecular weight is 399 g/mol. The molecule has 0 aliphatic carbocycles. The third-order valence-electron chi connectivity index (χ3n) is 3.08. The van der Waals surface area contributed by atoms with E-state index in [1.54, 1.807) is 13.0 Å². The lowest BCUT2D eigenvalue weighted by molar-refractivity contribution is 0.0697. The molecule has 1 unspecified atom stereocenters. The number of hydrogen-bond acceptors (Lipinski definition) is 4. The third-order valence-corrected chi connectivity index (χ3v) is 5.67. The van der Waals surface area contributed by atoms with Crippen LogP contribution in [0.15, 0.2) is 36.4 Å². The maximum Gasteiger partial charge on any atom is 0.338 e. The summed E-state index contributed by atoms with van der Waals surface area (Å²) in [6, 6.07) is 8.48. The van der Waals surface area contributed by atoms with Gasteiger partial charge in [0.2, 0.25) is 0 Å². The molecule has 2 N–H and O–H groups in total. The van der Waals surface area contributed by atoms with Crippen LogP contribution in [0, 0.1) is 11.6 Å². The molecular weight excluding hydrogens is 386 g/mol. The molecule has 0 saturated heterocycles. The summed E-state index contributed by atoms with van der Waals surface area (Å²) in [6.07, 6.45) is 0. The Bertz CT molecular complexity index is 907. The predicted octanol–water partition coefficient (Wildman–Crippen LogP) is 4.35. The number of hydrogen-bond donors (Lipinski definition) is 2. The zero-order valence-electron chi connectivity index (χ0n) is 13.0. The Balaban J connectivity index is 2.49. The van der Waals surface area contributed by atoms with Crippen molar-refractivity contribution in [3.8, 4) is 17.3 Å². The van der Waals surface area contributed by atoms with Crippen LogP contribution in [0.1, 0.15) is 22.8 Å². The second-order valence-electron chi connectivity index (χ2n) is 4.85. The number of carboxylic acid groups (broad SMARTS) is 1. The van der Waals surface area contributed by atoms with Crippen LogP contribution in [0.25, 0.3) is 0 Å². The Morgan fingerprint density at radius 1 is 1.24 bits per heavy atom. The van der Waals surface area contributed by atoms with Gasteiger partial charge in [-0.2, -0.15) is 0 Å². The molecule has 0 aliphatic heterocycles. The molecule has 0 spiro atoms. The summed E-state index contributed by atoms with van der Waals surface area (Å²) in [7, 11) is -3.55. The molecule has 8 heteroatoms. The molecule has 0 heterocycles. The molecule has 0 bridgehead atoms. The van der Waals surface area contributed by atoms with Gasteiger partial charge in [0.15, 0.2) is 0 Å². The van der Waals surface area contributed by atoms with Crippen molar-refractivity contribution in [3.05, 3.63) is 57.6 Å². The second-order valence-corrected chi connectivity index (χ2v) is 7.76. The molecule has 2 aromatic carbocycles. The van der Waals surface area contributed by atoms with Gasteiger partial charge in [-0.25, -0.2) is 4.79 Å². The predicted molar refractivity (Wildman–Crippen MR) is 97.3 cm³/mol. The number of aromatic carboxylic acids is 1. The van der Waals surface area contributed by atoms with Gasteiger partial charge in [0.25, 0.3) is 0 Å². The summed E-state index contributed by atoms with van der Waals surface area (Å²) in [6.45, 7) is 1.83. The molecule has 130 valence electrons. The first-order valence-corrected chi connectivity index (χ1v) is 9.44. The Kier molecular flexibility index (Phi) is 6.16. The molecule has 0 amide bonds. The first kappa shape index (κ1) is 19.4. The minimum Gasteiger partial charge on any atom is -0.508 e. The zero-order valence-corrected chi connectivity index (χ0v) is 15.4. The lowest BCUT2D eigenvalue weighted by atomic mass is 10.1. The van der Waals surface area contributed by atoms with Crippen molar-refractivity contribution < 1.29 is 24.1 Å². The molecule has 0 radical (unpaired) electrons. The Labute approximate surface area is 154 Å². The number of halogens is 2. The van der Waals surface area contributed by atoms with E-state index in [0.717, 1.165) is 0 Å². The van der Waals surface area contributed by atoms with Crippen molar-refractivity contribution in [1.29, 1.82) is 0 Å². The van der Waals surface area contributed by atoms with E-state index in [-0.39, 0.29) is 33.3 Å². The largest absolute Gasteiger partial charge is 0.508 e. The highest BCUT2D eigenvalue weighted by Crippen LogP contribution is 2.45. The fourth-order valence-corrected chi connectivity index (χ4v) is 4.23. The molecule has 25 heavy (non-hydrogen) atoms. The van der Waals surface area contributed by atoms with Crippen LogP contribution < -0.4 is 5.30 Å². The molecule has 0 saturated carbocycles. The fraction of sp³-hybridized carbons (Fsp3) is 0.118. The van der Waals surface area contributed by atoms with Gasteiger partial charge in [0.1, 0.15) is 5.75 Å².